The highest BCUT2D eigenvalue weighted by atomic mass is 16.7. The highest BCUT2D eigenvalue weighted by molar-refractivity contribution is 5.40. The van der Waals surface area contributed by atoms with Crippen molar-refractivity contribution in [2.75, 3.05) is 35.0 Å². The van der Waals surface area contributed by atoms with Gasteiger partial charge in [-0.2, -0.15) is 0 Å². The van der Waals surface area contributed by atoms with E-state index in [4.69, 9.17) is 18.9 Å². The number of hydrogen-bond acceptors (Lipinski definition) is 5. The van der Waals surface area contributed by atoms with Crippen LogP contribution in [-0.4, -0.2) is 41.3 Å². The molecule has 0 spiro atoms. The van der Waals surface area contributed by atoms with Gasteiger partial charge in [0.25, 0.3) is 0 Å². The van der Waals surface area contributed by atoms with E-state index in [2.05, 4.69) is 5.32 Å². The number of hydrogen-bond donors (Lipinski definition) is 1. The summed E-state index contributed by atoms with van der Waals surface area (Å²) in [6.45, 7) is 1.26. The van der Waals surface area contributed by atoms with Gasteiger partial charge in [-0.25, -0.2) is 0 Å². The summed E-state index contributed by atoms with van der Waals surface area (Å²) < 4.78 is 20.7. The number of benzene rings is 1. The molecule has 0 saturated heterocycles. The van der Waals surface area contributed by atoms with Gasteiger partial charge in [-0.15, -0.1) is 0 Å². The minimum atomic E-state index is -0.249. The molecule has 0 bridgehead atoms. The first-order valence-corrected chi connectivity index (χ1v) is 5.72. The Morgan fingerprint density at radius 3 is 2.33 bits per heavy atom. The average molecular weight is 255 g/mol. The fraction of sp³-hybridized carbons (Fsp3) is 0.538. The Morgan fingerprint density at radius 1 is 1.06 bits per heavy atom. The Hall–Kier alpha value is -1.30. The SMILES string of the molecule is COc1ccc(OC)c(CNCC(OC)OC)c1. The van der Waals surface area contributed by atoms with Crippen LogP contribution >= 0.6 is 0 Å². The van der Waals surface area contributed by atoms with Crippen molar-refractivity contribution in [2.45, 2.75) is 12.8 Å². The largest absolute Gasteiger partial charge is 0.497 e. The van der Waals surface area contributed by atoms with Crippen LogP contribution in [0.1, 0.15) is 5.56 Å². The van der Waals surface area contributed by atoms with Crippen molar-refractivity contribution < 1.29 is 18.9 Å². The summed E-state index contributed by atoms with van der Waals surface area (Å²) in [5, 5.41) is 3.24. The van der Waals surface area contributed by atoms with Gasteiger partial charge < -0.3 is 24.3 Å². The molecule has 0 saturated carbocycles. The van der Waals surface area contributed by atoms with Crippen LogP contribution in [0.5, 0.6) is 11.5 Å². The molecule has 0 amide bonds. The maximum atomic E-state index is 5.30. The predicted molar refractivity (Wildman–Crippen MR) is 69.1 cm³/mol. The highest BCUT2D eigenvalue weighted by Crippen LogP contribution is 2.23. The second-order valence-electron chi connectivity index (χ2n) is 3.71. The molecular formula is C13H21NO4. The fourth-order valence-electron chi connectivity index (χ4n) is 1.61. The van der Waals surface area contributed by atoms with Crippen LogP contribution in [0.2, 0.25) is 0 Å². The first-order valence-electron chi connectivity index (χ1n) is 5.72. The molecule has 5 nitrogen and oxygen atoms in total. The van der Waals surface area contributed by atoms with Crippen LogP contribution in [0.25, 0.3) is 0 Å². The van der Waals surface area contributed by atoms with E-state index in [-0.39, 0.29) is 6.29 Å². The van der Waals surface area contributed by atoms with Crippen LogP contribution in [0, 0.1) is 0 Å². The molecule has 1 N–H and O–H groups in total. The molecule has 0 aliphatic carbocycles. The minimum Gasteiger partial charge on any atom is -0.497 e. The summed E-state index contributed by atoms with van der Waals surface area (Å²) >= 11 is 0. The van der Waals surface area contributed by atoms with Crippen molar-refractivity contribution in [1.29, 1.82) is 0 Å². The van der Waals surface area contributed by atoms with E-state index in [1.54, 1.807) is 28.4 Å². The lowest BCUT2D eigenvalue weighted by molar-refractivity contribution is -0.0989. The molecule has 0 aliphatic heterocycles. The molecule has 0 aromatic heterocycles. The van der Waals surface area contributed by atoms with Crippen molar-refractivity contribution in [3.05, 3.63) is 23.8 Å². The molecule has 0 unspecified atom stereocenters. The van der Waals surface area contributed by atoms with Gasteiger partial charge in [0.1, 0.15) is 11.5 Å². The third kappa shape index (κ3) is 4.18. The van der Waals surface area contributed by atoms with Gasteiger partial charge in [0, 0.05) is 32.9 Å². The Bertz CT molecular complexity index is 353. The molecule has 1 aromatic rings. The zero-order chi connectivity index (χ0) is 13.4. The summed E-state index contributed by atoms with van der Waals surface area (Å²) in [7, 11) is 6.52. The molecule has 1 rings (SSSR count). The van der Waals surface area contributed by atoms with Crippen molar-refractivity contribution in [3.63, 3.8) is 0 Å². The average Bonchev–Trinajstić information content (AvgIpc) is 2.43. The predicted octanol–water partition coefficient (Wildman–Crippen LogP) is 1.41. The van der Waals surface area contributed by atoms with E-state index in [1.807, 2.05) is 18.2 Å². The van der Waals surface area contributed by atoms with Crippen LogP contribution in [0.4, 0.5) is 0 Å². The molecular weight excluding hydrogens is 234 g/mol. The minimum absolute atomic E-state index is 0.249. The molecule has 1 aromatic carbocycles. The molecule has 0 fully saturated rings. The van der Waals surface area contributed by atoms with Gasteiger partial charge in [-0.1, -0.05) is 0 Å². The zero-order valence-electron chi connectivity index (χ0n) is 11.4. The molecule has 0 atom stereocenters. The normalized spacial score (nSPS) is 10.7. The topological polar surface area (TPSA) is 49.0 Å². The molecule has 0 radical (unpaired) electrons. The van der Waals surface area contributed by atoms with E-state index in [0.29, 0.717) is 13.1 Å². The second kappa shape index (κ2) is 7.92. The third-order valence-electron chi connectivity index (χ3n) is 2.64. The van der Waals surface area contributed by atoms with Crippen LogP contribution in [-0.2, 0) is 16.0 Å². The number of methoxy groups -OCH3 is 4. The molecule has 18 heavy (non-hydrogen) atoms. The van der Waals surface area contributed by atoms with Crippen molar-refractivity contribution in [1.82, 2.24) is 5.32 Å². The van der Waals surface area contributed by atoms with Gasteiger partial charge in [0.05, 0.1) is 14.2 Å². The van der Waals surface area contributed by atoms with E-state index in [9.17, 15) is 0 Å². The van der Waals surface area contributed by atoms with Crippen LogP contribution < -0.4 is 14.8 Å². The quantitative estimate of drug-likeness (QED) is 0.712. The highest BCUT2D eigenvalue weighted by Gasteiger charge is 2.07. The Morgan fingerprint density at radius 2 is 1.78 bits per heavy atom. The van der Waals surface area contributed by atoms with Gasteiger partial charge in [0.15, 0.2) is 6.29 Å². The maximum Gasteiger partial charge on any atom is 0.169 e. The lowest BCUT2D eigenvalue weighted by atomic mass is 10.2. The molecule has 5 heteroatoms. The third-order valence-corrected chi connectivity index (χ3v) is 2.64. The van der Waals surface area contributed by atoms with Crippen molar-refractivity contribution >= 4 is 0 Å². The van der Waals surface area contributed by atoms with E-state index in [1.165, 1.54) is 0 Å². The summed E-state index contributed by atoms with van der Waals surface area (Å²) in [6.07, 6.45) is -0.249. The number of rotatable bonds is 8. The Labute approximate surface area is 108 Å². The second-order valence-corrected chi connectivity index (χ2v) is 3.71. The van der Waals surface area contributed by atoms with Gasteiger partial charge in [0.2, 0.25) is 0 Å². The molecule has 102 valence electrons. The van der Waals surface area contributed by atoms with Gasteiger partial charge in [-0.05, 0) is 18.2 Å². The molecule has 0 aliphatic rings. The van der Waals surface area contributed by atoms with E-state index >= 15 is 0 Å². The van der Waals surface area contributed by atoms with Crippen molar-refractivity contribution in [3.8, 4) is 11.5 Å². The zero-order valence-corrected chi connectivity index (χ0v) is 11.4. The van der Waals surface area contributed by atoms with Crippen LogP contribution in [0.15, 0.2) is 18.2 Å². The standard InChI is InChI=1S/C13H21NO4/c1-15-11-5-6-12(16-2)10(7-11)8-14-9-13(17-3)18-4/h5-7,13-14H,8-9H2,1-4H3. The lowest BCUT2D eigenvalue weighted by Crippen LogP contribution is -2.29. The summed E-state index contributed by atoms with van der Waals surface area (Å²) in [4.78, 5) is 0. The molecule has 0 heterocycles. The van der Waals surface area contributed by atoms with Crippen LogP contribution in [0.3, 0.4) is 0 Å². The monoisotopic (exact) mass is 255 g/mol. The van der Waals surface area contributed by atoms with E-state index < -0.39 is 0 Å². The van der Waals surface area contributed by atoms with Gasteiger partial charge >= 0.3 is 0 Å². The summed E-state index contributed by atoms with van der Waals surface area (Å²) in [5.74, 6) is 1.64. The Kier molecular flexibility index (Phi) is 6.49. The first-order chi connectivity index (χ1) is 8.74. The number of ether oxygens (including phenoxy) is 4. The Balaban J connectivity index is 2.59. The fourth-order valence-corrected chi connectivity index (χ4v) is 1.61. The number of nitrogens with one attached hydrogen (secondary N) is 1. The first kappa shape index (κ1) is 14.8. The van der Waals surface area contributed by atoms with Crippen molar-refractivity contribution in [2.24, 2.45) is 0 Å². The van der Waals surface area contributed by atoms with Gasteiger partial charge in [-0.3, -0.25) is 0 Å². The maximum absolute atomic E-state index is 5.30. The summed E-state index contributed by atoms with van der Waals surface area (Å²) in [6, 6.07) is 5.70. The smallest absolute Gasteiger partial charge is 0.169 e. The van der Waals surface area contributed by atoms with E-state index in [0.717, 1.165) is 17.1 Å². The summed E-state index contributed by atoms with van der Waals surface area (Å²) in [5.41, 5.74) is 1.03. The lowest BCUT2D eigenvalue weighted by Gasteiger charge is -2.15.